The van der Waals surface area contributed by atoms with Gasteiger partial charge in [0.2, 0.25) is 0 Å². The number of imidazole rings is 1. The average Bonchev–Trinajstić information content (AvgIpc) is 3.21. The Kier molecular flexibility index (Phi) is 7.47. The van der Waals surface area contributed by atoms with Crippen molar-refractivity contribution in [2.24, 2.45) is 0 Å². The van der Waals surface area contributed by atoms with E-state index < -0.39 is 18.8 Å². The molecule has 3 aromatic rings. The quantitative estimate of drug-likeness (QED) is 0.370. The number of urea groups is 1. The van der Waals surface area contributed by atoms with Crippen LogP contribution in [0.3, 0.4) is 0 Å². The summed E-state index contributed by atoms with van der Waals surface area (Å²) in [6, 6.07) is 9.31. The Balaban J connectivity index is 1.81. The van der Waals surface area contributed by atoms with Crippen molar-refractivity contribution < 1.29 is 18.0 Å². The van der Waals surface area contributed by atoms with Gasteiger partial charge >= 0.3 is 12.2 Å². The lowest BCUT2D eigenvalue weighted by Crippen LogP contribution is -2.36. The highest BCUT2D eigenvalue weighted by Gasteiger charge is 2.27. The van der Waals surface area contributed by atoms with E-state index in [0.29, 0.717) is 40.1 Å². The third-order valence-electron chi connectivity index (χ3n) is 4.64. The van der Waals surface area contributed by atoms with Crippen molar-refractivity contribution in [2.45, 2.75) is 25.6 Å². The number of fused-ring (bicyclic) bond motifs is 1. The molecule has 34 heavy (non-hydrogen) atoms. The fourth-order valence-electron chi connectivity index (χ4n) is 2.98. The van der Waals surface area contributed by atoms with E-state index in [1.807, 2.05) is 6.92 Å². The molecule has 12 heteroatoms. The Bertz CT molecular complexity index is 1260. The number of halogens is 3. The monoisotopic (exact) mass is 470 g/mol. The molecular formula is C22H21F3N8O. The summed E-state index contributed by atoms with van der Waals surface area (Å²) in [7, 11) is 0. The van der Waals surface area contributed by atoms with Crippen molar-refractivity contribution in [3.8, 4) is 17.3 Å². The first-order chi connectivity index (χ1) is 16.2. The van der Waals surface area contributed by atoms with Crippen molar-refractivity contribution in [3.63, 3.8) is 0 Å². The largest absolute Gasteiger partial charge is 0.405 e. The molecule has 2 aromatic heterocycles. The van der Waals surface area contributed by atoms with Crippen LogP contribution in [0.25, 0.3) is 22.5 Å². The van der Waals surface area contributed by atoms with Gasteiger partial charge in [0.1, 0.15) is 6.54 Å². The van der Waals surface area contributed by atoms with Crippen LogP contribution in [0.15, 0.2) is 48.9 Å². The van der Waals surface area contributed by atoms with E-state index in [1.165, 1.54) is 6.21 Å². The number of carbonyl (C=O) groups is 1. The number of anilines is 1. The van der Waals surface area contributed by atoms with Gasteiger partial charge in [-0.05, 0) is 25.1 Å². The van der Waals surface area contributed by atoms with Gasteiger partial charge in [-0.2, -0.15) is 23.5 Å². The molecule has 1 unspecified atom stereocenters. The highest BCUT2D eigenvalue weighted by atomic mass is 19.4. The molecule has 3 rings (SSSR count). The Labute approximate surface area is 192 Å². The van der Waals surface area contributed by atoms with Crippen molar-refractivity contribution in [1.29, 1.82) is 10.7 Å². The summed E-state index contributed by atoms with van der Waals surface area (Å²) in [5.74, 6) is 0. The summed E-state index contributed by atoms with van der Waals surface area (Å²) in [5, 5.41) is 28.0. The van der Waals surface area contributed by atoms with Crippen LogP contribution < -0.4 is 16.0 Å². The molecule has 0 spiro atoms. The number of benzene rings is 1. The zero-order valence-corrected chi connectivity index (χ0v) is 18.0. The Morgan fingerprint density at radius 3 is 2.82 bits per heavy atom. The Morgan fingerprint density at radius 2 is 2.12 bits per heavy atom. The molecule has 2 heterocycles. The second-order valence-electron chi connectivity index (χ2n) is 7.34. The van der Waals surface area contributed by atoms with E-state index in [4.69, 9.17) is 10.7 Å². The van der Waals surface area contributed by atoms with Gasteiger partial charge in [0, 0.05) is 40.8 Å². The number of nitrogens with zero attached hydrogens (tertiary/aromatic N) is 4. The Morgan fingerprint density at radius 1 is 1.32 bits per heavy atom. The van der Waals surface area contributed by atoms with E-state index in [-0.39, 0.29) is 6.04 Å². The summed E-state index contributed by atoms with van der Waals surface area (Å²) in [6.45, 7) is 0.420. The molecule has 0 aliphatic carbocycles. The predicted molar refractivity (Wildman–Crippen MR) is 121 cm³/mol. The van der Waals surface area contributed by atoms with Crippen LogP contribution >= 0.6 is 0 Å². The highest BCUT2D eigenvalue weighted by Crippen LogP contribution is 2.24. The standard InChI is InChI=1S/C22H21F3N8O/c1-14(5-6-26)28-10-17(9-27)16-8-20-29-12-19(33(20)31-11-16)15-3-2-4-18(7-15)32-21(34)30-13-22(23,24)25/h2-4,7-12,14,27-28H,5,13H2,1H3,(H2,30,32,34)/b17-10+,27-9?. The molecule has 0 bridgehead atoms. The first kappa shape index (κ1) is 24.2. The van der Waals surface area contributed by atoms with Crippen molar-refractivity contribution in [3.05, 3.63) is 54.5 Å². The van der Waals surface area contributed by atoms with Crippen LogP contribution in [0.1, 0.15) is 18.9 Å². The molecule has 9 nitrogen and oxygen atoms in total. The number of nitriles is 1. The van der Waals surface area contributed by atoms with Crippen LogP contribution in [-0.4, -0.2) is 45.6 Å². The number of alkyl halides is 3. The van der Waals surface area contributed by atoms with E-state index in [9.17, 15) is 18.0 Å². The van der Waals surface area contributed by atoms with E-state index >= 15 is 0 Å². The Hall–Kier alpha value is -4.40. The number of aromatic nitrogens is 3. The summed E-state index contributed by atoms with van der Waals surface area (Å²) in [4.78, 5) is 16.1. The predicted octanol–water partition coefficient (Wildman–Crippen LogP) is 3.96. The molecular weight excluding hydrogens is 449 g/mol. The maximum atomic E-state index is 12.3. The minimum atomic E-state index is -4.50. The first-order valence-electron chi connectivity index (χ1n) is 10.1. The smallest absolute Gasteiger partial charge is 0.387 e. The molecule has 0 fully saturated rings. The third kappa shape index (κ3) is 6.32. The van der Waals surface area contributed by atoms with Gasteiger partial charge in [-0.3, -0.25) is 0 Å². The summed E-state index contributed by atoms with van der Waals surface area (Å²) < 4.78 is 38.4. The molecule has 0 saturated carbocycles. The summed E-state index contributed by atoms with van der Waals surface area (Å²) >= 11 is 0. The molecule has 0 saturated heterocycles. The lowest BCUT2D eigenvalue weighted by molar-refractivity contribution is -0.122. The van der Waals surface area contributed by atoms with Gasteiger partial charge in [0.05, 0.1) is 30.6 Å². The SMILES string of the molecule is CC(CC#N)N/C=C(\C=N)c1cnn2c(-c3cccc(NC(=O)NCC(F)(F)F)c3)cnc2c1. The van der Waals surface area contributed by atoms with Crippen LogP contribution in [-0.2, 0) is 0 Å². The number of hydrogen-bond donors (Lipinski definition) is 4. The van der Waals surface area contributed by atoms with E-state index in [2.05, 4.69) is 26.8 Å². The van der Waals surface area contributed by atoms with Crippen LogP contribution in [0.2, 0.25) is 0 Å². The van der Waals surface area contributed by atoms with Crippen LogP contribution in [0.4, 0.5) is 23.7 Å². The average molecular weight is 470 g/mol. The van der Waals surface area contributed by atoms with Crippen molar-refractivity contribution >= 4 is 29.2 Å². The van der Waals surface area contributed by atoms with Crippen molar-refractivity contribution in [1.82, 2.24) is 25.2 Å². The topological polar surface area (TPSA) is 131 Å². The second-order valence-corrected chi connectivity index (χ2v) is 7.34. The molecule has 0 aliphatic rings. The number of amides is 2. The number of hydrogen-bond acceptors (Lipinski definition) is 6. The lowest BCUT2D eigenvalue weighted by Gasteiger charge is -2.11. The summed E-state index contributed by atoms with van der Waals surface area (Å²) in [6.07, 6.45) is 1.78. The number of allylic oxidation sites excluding steroid dienone is 1. The molecule has 1 aromatic carbocycles. The number of rotatable bonds is 8. The third-order valence-corrected chi connectivity index (χ3v) is 4.64. The fraction of sp³-hybridized carbons (Fsp3) is 0.227. The van der Waals surface area contributed by atoms with Gasteiger partial charge in [-0.25, -0.2) is 14.3 Å². The fourth-order valence-corrected chi connectivity index (χ4v) is 2.98. The molecule has 2 amide bonds. The normalized spacial score (nSPS) is 12.6. The van der Waals surface area contributed by atoms with E-state index in [0.717, 1.165) is 0 Å². The van der Waals surface area contributed by atoms with Gasteiger partial charge in [0.15, 0.2) is 5.65 Å². The number of nitrogens with one attached hydrogen (secondary N) is 4. The first-order valence-corrected chi connectivity index (χ1v) is 10.1. The van der Waals surface area contributed by atoms with Gasteiger partial charge in [-0.15, -0.1) is 0 Å². The minimum absolute atomic E-state index is 0.0777. The maximum absolute atomic E-state index is 12.3. The molecule has 0 aliphatic heterocycles. The maximum Gasteiger partial charge on any atom is 0.405 e. The minimum Gasteiger partial charge on any atom is -0.387 e. The zero-order valence-electron chi connectivity index (χ0n) is 18.0. The molecule has 4 N–H and O–H groups in total. The molecule has 176 valence electrons. The zero-order chi connectivity index (χ0) is 24.7. The summed E-state index contributed by atoms with van der Waals surface area (Å²) in [5.41, 5.74) is 3.24. The van der Waals surface area contributed by atoms with Crippen molar-refractivity contribution in [2.75, 3.05) is 11.9 Å². The van der Waals surface area contributed by atoms with E-state index in [1.54, 1.807) is 58.8 Å². The molecule has 1 atom stereocenters. The molecule has 0 radical (unpaired) electrons. The highest BCUT2D eigenvalue weighted by molar-refractivity contribution is 6.08. The van der Waals surface area contributed by atoms with Gasteiger partial charge < -0.3 is 21.4 Å². The van der Waals surface area contributed by atoms with Crippen LogP contribution in [0, 0.1) is 16.7 Å². The van der Waals surface area contributed by atoms with Gasteiger partial charge in [0.25, 0.3) is 0 Å². The number of carbonyl (C=O) groups excluding carboxylic acids is 1. The van der Waals surface area contributed by atoms with Gasteiger partial charge in [-0.1, -0.05) is 12.1 Å². The van der Waals surface area contributed by atoms with Crippen LogP contribution in [0.5, 0.6) is 0 Å². The second kappa shape index (κ2) is 10.5. The lowest BCUT2D eigenvalue weighted by atomic mass is 10.1.